The zero-order valence-corrected chi connectivity index (χ0v) is 25.2. The minimum absolute atomic E-state index is 0.00144. The smallest absolute Gasteiger partial charge is 0.435 e. The fraction of sp³-hybridized carbons (Fsp3) is 0.200. The maximum Gasteiger partial charge on any atom is 0.435 e. The molecular weight excluding hydrogens is 556 g/mol. The number of carbonyl (C=O) groups is 3. The predicted molar refractivity (Wildman–Crippen MR) is 171 cm³/mol. The standard InChI is InChI=1S/C35H36N4O5/c1-35(2,3)44-33(41)29-17-11-9-15-27(29)26-14-8-10-16-28(26)30(32(40)37-4)38-25-20-18-24(19-21-25)31(36)39-34(42)43-22-23-12-6-5-7-13-23/h5-21,30,38H,22H2,1-4H3,(H,37,40)(H2,36,39,42). The third-order valence-electron chi connectivity index (χ3n) is 6.52. The Bertz CT molecular complexity index is 1640. The molecule has 4 aromatic rings. The number of nitrogens with one attached hydrogen (secondary N) is 2. The van der Waals surface area contributed by atoms with E-state index in [9.17, 15) is 14.4 Å². The zero-order valence-electron chi connectivity index (χ0n) is 25.2. The second kappa shape index (κ2) is 14.2. The van der Waals surface area contributed by atoms with E-state index < -0.39 is 23.7 Å². The van der Waals surface area contributed by atoms with Crippen LogP contribution in [0, 0.1) is 0 Å². The van der Waals surface area contributed by atoms with Crippen molar-refractivity contribution < 1.29 is 23.9 Å². The molecule has 1 unspecified atom stereocenters. The second-order valence-corrected chi connectivity index (χ2v) is 10.9. The predicted octanol–water partition coefficient (Wildman–Crippen LogP) is 6.25. The van der Waals surface area contributed by atoms with Gasteiger partial charge in [-0.25, -0.2) is 9.59 Å². The van der Waals surface area contributed by atoms with E-state index in [1.54, 1.807) is 43.4 Å². The van der Waals surface area contributed by atoms with Crippen molar-refractivity contribution in [3.63, 3.8) is 0 Å². The van der Waals surface area contributed by atoms with Crippen LogP contribution >= 0.6 is 0 Å². The average Bonchev–Trinajstić information content (AvgIpc) is 3.02. The highest BCUT2D eigenvalue weighted by atomic mass is 16.6. The van der Waals surface area contributed by atoms with Crippen LogP contribution in [-0.4, -0.2) is 36.5 Å². The second-order valence-electron chi connectivity index (χ2n) is 10.9. The maximum atomic E-state index is 13.2. The van der Waals surface area contributed by atoms with Crippen molar-refractivity contribution in [1.29, 1.82) is 0 Å². The topological polar surface area (TPSA) is 132 Å². The number of benzene rings is 4. The van der Waals surface area contributed by atoms with Gasteiger partial charge >= 0.3 is 12.1 Å². The molecule has 44 heavy (non-hydrogen) atoms. The number of ether oxygens (including phenoxy) is 2. The number of likely N-dealkylation sites (N-methyl/N-ethyl adjacent to an activating group) is 1. The van der Waals surface area contributed by atoms with E-state index in [4.69, 9.17) is 15.2 Å². The number of aliphatic imine (C=N–C) groups is 1. The van der Waals surface area contributed by atoms with Crippen molar-refractivity contribution in [3.8, 4) is 11.1 Å². The Labute approximate surface area is 257 Å². The molecule has 9 heteroatoms. The van der Waals surface area contributed by atoms with Gasteiger partial charge in [0.1, 0.15) is 24.1 Å². The molecule has 9 nitrogen and oxygen atoms in total. The van der Waals surface area contributed by atoms with Crippen molar-refractivity contribution in [2.24, 2.45) is 10.7 Å². The Kier molecular flexibility index (Phi) is 10.1. The van der Waals surface area contributed by atoms with Gasteiger partial charge in [-0.15, -0.1) is 0 Å². The molecule has 226 valence electrons. The van der Waals surface area contributed by atoms with Crippen LogP contribution in [0.3, 0.4) is 0 Å². The number of rotatable bonds is 9. The van der Waals surface area contributed by atoms with Crippen molar-refractivity contribution in [2.75, 3.05) is 12.4 Å². The summed E-state index contributed by atoms with van der Waals surface area (Å²) in [6.45, 7) is 5.53. The molecule has 4 N–H and O–H groups in total. The first-order valence-corrected chi connectivity index (χ1v) is 14.1. The first kappa shape index (κ1) is 31.5. The molecular formula is C35H36N4O5. The third kappa shape index (κ3) is 8.32. The molecule has 0 saturated heterocycles. The van der Waals surface area contributed by atoms with Gasteiger partial charge in [0.05, 0.1) is 5.56 Å². The summed E-state index contributed by atoms with van der Waals surface area (Å²) in [5, 5.41) is 6.01. The number of amides is 2. The molecule has 0 aromatic heterocycles. The lowest BCUT2D eigenvalue weighted by atomic mass is 9.91. The molecule has 1 atom stereocenters. The molecule has 0 bridgehead atoms. The molecule has 0 saturated carbocycles. The van der Waals surface area contributed by atoms with E-state index in [0.29, 0.717) is 33.5 Å². The van der Waals surface area contributed by atoms with Gasteiger partial charge in [0.15, 0.2) is 0 Å². The molecule has 0 radical (unpaired) electrons. The van der Waals surface area contributed by atoms with E-state index >= 15 is 0 Å². The van der Waals surface area contributed by atoms with Crippen molar-refractivity contribution >= 4 is 29.5 Å². The fourth-order valence-corrected chi connectivity index (χ4v) is 4.47. The summed E-state index contributed by atoms with van der Waals surface area (Å²) in [5.74, 6) is -0.730. The van der Waals surface area contributed by atoms with E-state index in [2.05, 4.69) is 15.6 Å². The van der Waals surface area contributed by atoms with Crippen LogP contribution < -0.4 is 16.4 Å². The van der Waals surface area contributed by atoms with Crippen LogP contribution in [0.2, 0.25) is 0 Å². The summed E-state index contributed by atoms with van der Waals surface area (Å²) in [6.07, 6.45) is -0.795. The quantitative estimate of drug-likeness (QED) is 0.119. The minimum atomic E-state index is -0.812. The van der Waals surface area contributed by atoms with E-state index in [-0.39, 0.29) is 18.3 Å². The van der Waals surface area contributed by atoms with E-state index in [0.717, 1.165) is 5.56 Å². The lowest BCUT2D eigenvalue weighted by Crippen LogP contribution is -2.31. The molecule has 4 rings (SSSR count). The summed E-state index contributed by atoms with van der Waals surface area (Å²) < 4.78 is 10.8. The number of esters is 1. The lowest BCUT2D eigenvalue weighted by Gasteiger charge is -2.24. The average molecular weight is 593 g/mol. The largest absolute Gasteiger partial charge is 0.456 e. The SMILES string of the molecule is CNC(=O)C(Nc1ccc(/C(N)=N/C(=O)OCc2ccccc2)cc1)c1ccccc1-c1ccccc1C(=O)OC(C)(C)C. The Hall–Kier alpha value is -5.44. The number of amidine groups is 1. The minimum Gasteiger partial charge on any atom is -0.456 e. The Balaban J connectivity index is 1.57. The van der Waals surface area contributed by atoms with Crippen LogP contribution in [0.5, 0.6) is 0 Å². The van der Waals surface area contributed by atoms with Crippen LogP contribution in [0.4, 0.5) is 10.5 Å². The van der Waals surface area contributed by atoms with Gasteiger partial charge in [0.25, 0.3) is 0 Å². The van der Waals surface area contributed by atoms with Crippen LogP contribution in [0.25, 0.3) is 11.1 Å². The Morgan fingerprint density at radius 3 is 2.09 bits per heavy atom. The highest BCUT2D eigenvalue weighted by Crippen LogP contribution is 2.33. The van der Waals surface area contributed by atoms with Gasteiger partial charge in [-0.2, -0.15) is 4.99 Å². The summed E-state index contributed by atoms with van der Waals surface area (Å²) in [4.78, 5) is 42.3. The third-order valence-corrected chi connectivity index (χ3v) is 6.52. The number of nitrogens with zero attached hydrogens (tertiary/aromatic N) is 1. The molecule has 0 aliphatic heterocycles. The number of hydrogen-bond acceptors (Lipinski definition) is 6. The van der Waals surface area contributed by atoms with Gasteiger partial charge in [0.2, 0.25) is 5.91 Å². The Morgan fingerprint density at radius 1 is 0.818 bits per heavy atom. The highest BCUT2D eigenvalue weighted by molar-refractivity contribution is 6.03. The van der Waals surface area contributed by atoms with Gasteiger partial charge in [-0.05, 0) is 73.4 Å². The van der Waals surface area contributed by atoms with E-state index in [1.807, 2.05) is 87.5 Å². The Morgan fingerprint density at radius 2 is 1.43 bits per heavy atom. The number of hydrogen-bond donors (Lipinski definition) is 3. The first-order chi connectivity index (χ1) is 21.1. The summed E-state index contributed by atoms with van der Waals surface area (Å²) in [5.41, 5.74) is 9.77. The number of nitrogens with two attached hydrogens (primary N) is 1. The summed E-state index contributed by atoms with van der Waals surface area (Å²) >= 11 is 0. The molecule has 0 aliphatic carbocycles. The highest BCUT2D eigenvalue weighted by Gasteiger charge is 2.26. The van der Waals surface area contributed by atoms with Crippen LogP contribution in [0.15, 0.2) is 108 Å². The maximum absolute atomic E-state index is 13.2. The molecule has 0 spiro atoms. The number of anilines is 1. The van der Waals surface area contributed by atoms with Gasteiger partial charge < -0.3 is 25.8 Å². The van der Waals surface area contributed by atoms with Gasteiger partial charge in [-0.1, -0.05) is 72.8 Å². The summed E-state index contributed by atoms with van der Waals surface area (Å²) in [6, 6.07) is 29.9. The molecule has 4 aromatic carbocycles. The first-order valence-electron chi connectivity index (χ1n) is 14.1. The van der Waals surface area contributed by atoms with Crippen molar-refractivity contribution in [1.82, 2.24) is 5.32 Å². The zero-order chi connectivity index (χ0) is 31.7. The number of carbonyl (C=O) groups excluding carboxylic acids is 3. The monoisotopic (exact) mass is 592 g/mol. The van der Waals surface area contributed by atoms with Gasteiger partial charge in [0, 0.05) is 18.3 Å². The van der Waals surface area contributed by atoms with E-state index in [1.165, 1.54) is 0 Å². The fourth-order valence-electron chi connectivity index (χ4n) is 4.47. The molecule has 0 fully saturated rings. The molecule has 0 heterocycles. The van der Waals surface area contributed by atoms with Crippen LogP contribution in [-0.2, 0) is 20.9 Å². The molecule has 0 aliphatic rings. The van der Waals surface area contributed by atoms with Crippen molar-refractivity contribution in [3.05, 3.63) is 125 Å². The van der Waals surface area contributed by atoms with Crippen molar-refractivity contribution in [2.45, 2.75) is 39.0 Å². The summed E-state index contributed by atoms with van der Waals surface area (Å²) in [7, 11) is 1.56. The van der Waals surface area contributed by atoms with Crippen LogP contribution in [0.1, 0.15) is 53.9 Å². The van der Waals surface area contributed by atoms with Gasteiger partial charge in [-0.3, -0.25) is 4.79 Å². The lowest BCUT2D eigenvalue weighted by molar-refractivity contribution is -0.121. The normalized spacial score (nSPS) is 12.1. The molecule has 2 amide bonds.